The van der Waals surface area contributed by atoms with Gasteiger partial charge in [0.2, 0.25) is 0 Å². The van der Waals surface area contributed by atoms with E-state index in [1.165, 1.54) is 5.06 Å². The molecule has 0 aliphatic carbocycles. The van der Waals surface area contributed by atoms with Crippen LogP contribution >= 0.6 is 0 Å². The van der Waals surface area contributed by atoms with Crippen LogP contribution in [0.25, 0.3) is 0 Å². The zero-order valence-corrected chi connectivity index (χ0v) is 10.4. The summed E-state index contributed by atoms with van der Waals surface area (Å²) in [5, 5.41) is 9.90. The molecule has 0 radical (unpaired) electrons. The number of carboxylic acids is 1. The van der Waals surface area contributed by atoms with Gasteiger partial charge in [0.25, 0.3) is 5.91 Å². The van der Waals surface area contributed by atoms with Crippen molar-refractivity contribution in [3.63, 3.8) is 0 Å². The van der Waals surface area contributed by atoms with E-state index in [4.69, 9.17) is 15.7 Å². The Balaban J connectivity index is 2.10. The first kappa shape index (κ1) is 13.5. The Kier molecular flexibility index (Phi) is 4.13. The summed E-state index contributed by atoms with van der Waals surface area (Å²) >= 11 is 0. The number of carbonyl (C=O) groups excluding carboxylic acids is 1. The first-order valence-corrected chi connectivity index (χ1v) is 6.11. The molecule has 1 unspecified atom stereocenters. The number of hydrogen-bond donors (Lipinski definition) is 2. The number of amides is 1. The number of aliphatic carboxylic acids is 1. The fourth-order valence-electron chi connectivity index (χ4n) is 1.94. The summed E-state index contributed by atoms with van der Waals surface area (Å²) in [6, 6.07) is 6.75. The van der Waals surface area contributed by atoms with Crippen LogP contribution in [0.3, 0.4) is 0 Å². The molecule has 6 nitrogen and oxygen atoms in total. The molecule has 1 aromatic carbocycles. The molecule has 1 aromatic rings. The molecule has 6 heteroatoms. The lowest BCUT2D eigenvalue weighted by atomic mass is 10.0. The molecule has 19 heavy (non-hydrogen) atoms. The largest absolute Gasteiger partial charge is 0.481 e. The highest BCUT2D eigenvalue weighted by Crippen LogP contribution is 2.24. The van der Waals surface area contributed by atoms with Gasteiger partial charge in [0.15, 0.2) is 0 Å². The number of anilines is 1. The van der Waals surface area contributed by atoms with Crippen LogP contribution < -0.4 is 10.8 Å². The van der Waals surface area contributed by atoms with E-state index in [9.17, 15) is 9.59 Å². The summed E-state index contributed by atoms with van der Waals surface area (Å²) in [7, 11) is 0. The van der Waals surface area contributed by atoms with Gasteiger partial charge < -0.3 is 10.8 Å². The molecule has 0 saturated carbocycles. The van der Waals surface area contributed by atoms with Crippen LogP contribution in [0.1, 0.15) is 30.9 Å². The van der Waals surface area contributed by atoms with E-state index < -0.39 is 5.97 Å². The number of hydroxylamine groups is 1. The Morgan fingerprint density at radius 3 is 2.95 bits per heavy atom. The van der Waals surface area contributed by atoms with E-state index in [-0.39, 0.29) is 18.4 Å². The third-order valence-electron chi connectivity index (χ3n) is 2.96. The van der Waals surface area contributed by atoms with E-state index in [1.807, 2.05) is 6.07 Å². The Hall–Kier alpha value is -1.92. The monoisotopic (exact) mass is 264 g/mol. The second-order valence-corrected chi connectivity index (χ2v) is 4.41. The third kappa shape index (κ3) is 3.30. The number of nitrogens with zero attached hydrogens (tertiary/aromatic N) is 1. The van der Waals surface area contributed by atoms with E-state index in [1.54, 1.807) is 18.2 Å². The van der Waals surface area contributed by atoms with Crippen molar-refractivity contribution in [2.24, 2.45) is 5.73 Å². The highest BCUT2D eigenvalue weighted by molar-refractivity contribution is 5.92. The molecule has 1 aliphatic heterocycles. The molecule has 1 aliphatic rings. The Labute approximate surface area is 110 Å². The molecule has 3 N–H and O–H groups in total. The second-order valence-electron chi connectivity index (χ2n) is 4.41. The summed E-state index contributed by atoms with van der Waals surface area (Å²) in [6.45, 7) is 0.383. The van der Waals surface area contributed by atoms with Gasteiger partial charge in [0.1, 0.15) is 0 Å². The minimum atomic E-state index is -0.871. The first-order valence-electron chi connectivity index (χ1n) is 6.11. The van der Waals surface area contributed by atoms with E-state index in [0.29, 0.717) is 25.1 Å². The van der Waals surface area contributed by atoms with Crippen LogP contribution in [0, 0.1) is 0 Å². The van der Waals surface area contributed by atoms with Crippen molar-refractivity contribution < 1.29 is 19.5 Å². The van der Waals surface area contributed by atoms with Gasteiger partial charge in [0, 0.05) is 12.5 Å². The van der Waals surface area contributed by atoms with Crippen molar-refractivity contribution in [2.75, 3.05) is 11.7 Å². The highest BCUT2D eigenvalue weighted by atomic mass is 16.7. The van der Waals surface area contributed by atoms with Gasteiger partial charge in [-0.2, -0.15) is 5.06 Å². The number of rotatable bonds is 5. The second kappa shape index (κ2) is 5.81. The molecule has 1 amide bonds. The topological polar surface area (TPSA) is 92.9 Å². The highest BCUT2D eigenvalue weighted by Gasteiger charge is 2.23. The molecular weight excluding hydrogens is 248 g/mol. The van der Waals surface area contributed by atoms with Crippen molar-refractivity contribution >= 4 is 17.6 Å². The molecule has 2 rings (SSSR count). The van der Waals surface area contributed by atoms with E-state index in [0.717, 1.165) is 5.56 Å². The van der Waals surface area contributed by atoms with Gasteiger partial charge in [-0.25, -0.2) is 0 Å². The van der Waals surface area contributed by atoms with Crippen molar-refractivity contribution in [3.05, 3.63) is 29.8 Å². The lowest BCUT2D eigenvalue weighted by Gasteiger charge is -2.17. The van der Waals surface area contributed by atoms with Gasteiger partial charge >= 0.3 is 5.97 Å². The minimum absolute atomic E-state index is 0.0184. The van der Waals surface area contributed by atoms with E-state index >= 15 is 0 Å². The molecule has 1 atom stereocenters. The first-order chi connectivity index (χ1) is 9.08. The van der Waals surface area contributed by atoms with Crippen LogP contribution in [0.5, 0.6) is 0 Å². The number of nitrogens with two attached hydrogens (primary N) is 1. The summed E-state index contributed by atoms with van der Waals surface area (Å²) < 4.78 is 0. The molecule has 0 aromatic heterocycles. The molecule has 1 heterocycles. The molecule has 0 spiro atoms. The molecule has 1 fully saturated rings. The Morgan fingerprint density at radius 2 is 2.32 bits per heavy atom. The van der Waals surface area contributed by atoms with Crippen molar-refractivity contribution in [1.29, 1.82) is 0 Å². The average molecular weight is 264 g/mol. The molecule has 102 valence electrons. The van der Waals surface area contributed by atoms with Crippen molar-refractivity contribution in [1.82, 2.24) is 0 Å². The number of carboxylic acid groups (broad SMARTS) is 1. The maximum Gasteiger partial charge on any atom is 0.303 e. The predicted octanol–water partition coefficient (Wildman–Crippen LogP) is 1.22. The van der Waals surface area contributed by atoms with Crippen LogP contribution in [0.2, 0.25) is 0 Å². The van der Waals surface area contributed by atoms with Gasteiger partial charge in [-0.3, -0.25) is 14.4 Å². The predicted molar refractivity (Wildman–Crippen MR) is 68.3 cm³/mol. The van der Waals surface area contributed by atoms with Crippen LogP contribution in [0.4, 0.5) is 5.69 Å². The van der Waals surface area contributed by atoms with Gasteiger partial charge in [-0.15, -0.1) is 0 Å². The number of carbonyl (C=O) groups is 2. The fraction of sp³-hybridized carbons (Fsp3) is 0.385. The zero-order valence-electron chi connectivity index (χ0n) is 10.4. The summed E-state index contributed by atoms with van der Waals surface area (Å²) in [5.41, 5.74) is 7.36. The quantitative estimate of drug-likeness (QED) is 0.834. The van der Waals surface area contributed by atoms with Gasteiger partial charge in [-0.05, 0) is 24.1 Å². The van der Waals surface area contributed by atoms with Crippen LogP contribution in [-0.4, -0.2) is 23.6 Å². The van der Waals surface area contributed by atoms with E-state index in [2.05, 4.69) is 0 Å². The summed E-state index contributed by atoms with van der Waals surface area (Å²) in [4.78, 5) is 27.3. The van der Waals surface area contributed by atoms with Crippen molar-refractivity contribution in [2.45, 2.75) is 25.3 Å². The third-order valence-corrected chi connectivity index (χ3v) is 2.96. The van der Waals surface area contributed by atoms with Gasteiger partial charge in [0.05, 0.1) is 18.7 Å². The fourth-order valence-corrected chi connectivity index (χ4v) is 1.94. The minimum Gasteiger partial charge on any atom is -0.481 e. The van der Waals surface area contributed by atoms with Gasteiger partial charge in [-0.1, -0.05) is 12.1 Å². The Morgan fingerprint density at radius 1 is 1.53 bits per heavy atom. The number of hydrogen-bond acceptors (Lipinski definition) is 4. The average Bonchev–Trinajstić information content (AvgIpc) is 2.82. The number of benzene rings is 1. The maximum absolute atomic E-state index is 11.6. The SMILES string of the molecule is NC(CCC(=O)O)c1cccc(N2OCCC2=O)c1. The zero-order chi connectivity index (χ0) is 13.8. The molecular formula is C13H16N2O4. The van der Waals surface area contributed by atoms with Crippen LogP contribution in [0.15, 0.2) is 24.3 Å². The van der Waals surface area contributed by atoms with Crippen LogP contribution in [-0.2, 0) is 14.4 Å². The maximum atomic E-state index is 11.6. The van der Waals surface area contributed by atoms with Crippen molar-refractivity contribution in [3.8, 4) is 0 Å². The normalized spacial score (nSPS) is 16.7. The summed E-state index contributed by atoms with van der Waals surface area (Å²) in [5.74, 6) is -0.957. The lowest BCUT2D eigenvalue weighted by Crippen LogP contribution is -2.22. The Bertz CT molecular complexity index is 489. The summed E-state index contributed by atoms with van der Waals surface area (Å²) in [6.07, 6.45) is 0.743. The standard InChI is InChI=1S/C13H16N2O4/c14-11(4-5-13(17)18)9-2-1-3-10(8-9)15-12(16)6-7-19-15/h1-3,8,11H,4-7,14H2,(H,17,18). The lowest BCUT2D eigenvalue weighted by molar-refractivity contribution is -0.137. The smallest absolute Gasteiger partial charge is 0.303 e. The molecule has 1 saturated heterocycles. The molecule has 0 bridgehead atoms.